The maximum Gasteiger partial charge on any atom is 0.240 e. The van der Waals surface area contributed by atoms with Crippen molar-refractivity contribution in [1.29, 1.82) is 0 Å². The Balaban J connectivity index is 1.78. The van der Waals surface area contributed by atoms with Crippen LogP contribution >= 0.6 is 23.2 Å². The Labute approximate surface area is 164 Å². The van der Waals surface area contributed by atoms with Crippen LogP contribution in [0.25, 0.3) is 5.69 Å². The third kappa shape index (κ3) is 2.17. The first-order valence-electron chi connectivity index (χ1n) is 8.25. The molecule has 1 spiro atoms. The maximum atomic E-state index is 13.1. The van der Waals surface area contributed by atoms with Crippen molar-refractivity contribution in [2.24, 2.45) is 0 Å². The molecule has 0 fully saturated rings. The number of benzene rings is 2. The van der Waals surface area contributed by atoms with Crippen LogP contribution in [0.4, 0.5) is 11.5 Å². The van der Waals surface area contributed by atoms with E-state index in [0.29, 0.717) is 38.4 Å². The van der Waals surface area contributed by atoms with Gasteiger partial charge in [-0.25, -0.2) is 4.68 Å². The van der Waals surface area contributed by atoms with Gasteiger partial charge in [0.15, 0.2) is 0 Å². The van der Waals surface area contributed by atoms with Crippen molar-refractivity contribution < 1.29 is 9.59 Å². The number of carbonyl (C=O) groups is 2. The quantitative estimate of drug-likeness (QED) is 0.654. The Hall–Kier alpha value is -2.83. The first-order chi connectivity index (χ1) is 13.0. The van der Waals surface area contributed by atoms with Crippen LogP contribution in [-0.4, -0.2) is 21.6 Å². The molecule has 6 nitrogen and oxygen atoms in total. The number of fused-ring (bicyclic) bond motifs is 4. The topological polar surface area (TPSA) is 76.0 Å². The molecule has 1 atom stereocenters. The molecule has 0 bridgehead atoms. The number of rotatable bonds is 1. The SMILES string of the molecule is O=C1C[C@]2(C(=O)Nc3c(Cl)cccc32)c2cnn(-c3cccc(Cl)c3)c2N1. The molecule has 2 amide bonds. The summed E-state index contributed by atoms with van der Waals surface area (Å²) in [6, 6.07) is 12.4. The monoisotopic (exact) mass is 398 g/mol. The van der Waals surface area contributed by atoms with Gasteiger partial charge < -0.3 is 10.6 Å². The number of para-hydroxylation sites is 1. The van der Waals surface area contributed by atoms with Gasteiger partial charge in [-0.05, 0) is 29.8 Å². The average Bonchev–Trinajstić information content (AvgIpc) is 3.17. The summed E-state index contributed by atoms with van der Waals surface area (Å²) in [5, 5.41) is 11.1. The van der Waals surface area contributed by atoms with Gasteiger partial charge in [-0.2, -0.15) is 5.10 Å². The number of aromatic nitrogens is 2. The second kappa shape index (κ2) is 5.58. The van der Waals surface area contributed by atoms with E-state index in [9.17, 15) is 9.59 Å². The molecule has 2 aromatic carbocycles. The maximum absolute atomic E-state index is 13.1. The molecule has 0 radical (unpaired) electrons. The average molecular weight is 399 g/mol. The van der Waals surface area contributed by atoms with E-state index >= 15 is 0 Å². The molecule has 2 aliphatic rings. The van der Waals surface area contributed by atoms with Crippen molar-refractivity contribution >= 4 is 46.5 Å². The van der Waals surface area contributed by atoms with Crippen LogP contribution < -0.4 is 10.6 Å². The van der Waals surface area contributed by atoms with Gasteiger partial charge in [0.2, 0.25) is 11.8 Å². The summed E-state index contributed by atoms with van der Waals surface area (Å²) in [4.78, 5) is 25.6. The second-order valence-corrected chi connectivity index (χ2v) is 7.39. The number of amides is 2. The lowest BCUT2D eigenvalue weighted by atomic mass is 9.72. The predicted molar refractivity (Wildman–Crippen MR) is 103 cm³/mol. The minimum atomic E-state index is -1.16. The standard InChI is InChI=1S/C19H12Cl2N4O2/c20-10-3-1-4-11(7-10)25-17-13(9-22-25)19(8-15(26)23-17)12-5-2-6-14(21)16(12)24-18(19)27/h1-7,9H,8H2,(H,23,26)(H,24,27)/t19-/m1/s1. The molecule has 0 saturated heterocycles. The molecule has 2 N–H and O–H groups in total. The zero-order valence-corrected chi connectivity index (χ0v) is 15.3. The highest BCUT2D eigenvalue weighted by molar-refractivity contribution is 6.35. The zero-order chi connectivity index (χ0) is 18.8. The van der Waals surface area contributed by atoms with Gasteiger partial charge in [-0.15, -0.1) is 0 Å². The highest BCUT2D eigenvalue weighted by Gasteiger charge is 2.54. The Morgan fingerprint density at radius 2 is 1.85 bits per heavy atom. The summed E-state index contributed by atoms with van der Waals surface area (Å²) < 4.78 is 1.58. The van der Waals surface area contributed by atoms with Crippen molar-refractivity contribution in [2.45, 2.75) is 11.8 Å². The summed E-state index contributed by atoms with van der Waals surface area (Å²) in [6.07, 6.45) is 1.60. The fraction of sp³-hybridized carbons (Fsp3) is 0.105. The van der Waals surface area contributed by atoms with Crippen molar-refractivity contribution in [3.63, 3.8) is 0 Å². The highest BCUT2D eigenvalue weighted by atomic mass is 35.5. The third-order valence-corrected chi connectivity index (χ3v) is 5.61. The molecule has 3 aromatic rings. The summed E-state index contributed by atoms with van der Waals surface area (Å²) in [5.41, 5.74) is 1.38. The summed E-state index contributed by atoms with van der Waals surface area (Å²) in [5.74, 6) is -0.0990. The van der Waals surface area contributed by atoms with Gasteiger partial charge >= 0.3 is 0 Å². The smallest absolute Gasteiger partial charge is 0.240 e. The van der Waals surface area contributed by atoms with Crippen LogP contribution in [0.2, 0.25) is 10.0 Å². The number of carbonyl (C=O) groups excluding carboxylic acids is 2. The van der Waals surface area contributed by atoms with E-state index in [1.807, 2.05) is 12.1 Å². The Kier molecular flexibility index (Phi) is 3.38. The van der Waals surface area contributed by atoms with E-state index in [0.717, 1.165) is 0 Å². The summed E-state index contributed by atoms with van der Waals surface area (Å²) >= 11 is 12.4. The zero-order valence-electron chi connectivity index (χ0n) is 13.8. The van der Waals surface area contributed by atoms with Gasteiger partial charge in [0.1, 0.15) is 11.2 Å². The van der Waals surface area contributed by atoms with Gasteiger partial charge in [0.25, 0.3) is 0 Å². The lowest BCUT2D eigenvalue weighted by molar-refractivity contribution is -0.125. The molecule has 1 aromatic heterocycles. The number of hydrogen-bond acceptors (Lipinski definition) is 3. The molecular weight excluding hydrogens is 387 g/mol. The van der Waals surface area contributed by atoms with Crippen LogP contribution in [-0.2, 0) is 15.0 Å². The Morgan fingerprint density at radius 3 is 2.67 bits per heavy atom. The number of hydrogen-bond donors (Lipinski definition) is 2. The summed E-state index contributed by atoms with van der Waals surface area (Å²) in [6.45, 7) is 0. The van der Waals surface area contributed by atoms with E-state index in [1.54, 1.807) is 41.2 Å². The Morgan fingerprint density at radius 1 is 1.04 bits per heavy atom. The van der Waals surface area contributed by atoms with Crippen LogP contribution in [0.1, 0.15) is 17.5 Å². The molecule has 2 aliphatic heterocycles. The van der Waals surface area contributed by atoms with E-state index in [4.69, 9.17) is 23.2 Å². The third-order valence-electron chi connectivity index (χ3n) is 5.06. The van der Waals surface area contributed by atoms with Gasteiger partial charge in [0, 0.05) is 17.0 Å². The molecular formula is C19H12Cl2N4O2. The number of nitrogens with one attached hydrogen (secondary N) is 2. The van der Waals surface area contributed by atoms with E-state index in [1.165, 1.54) is 0 Å². The second-order valence-electron chi connectivity index (χ2n) is 6.55. The minimum absolute atomic E-state index is 0.0135. The van der Waals surface area contributed by atoms with Crippen LogP contribution in [0, 0.1) is 0 Å². The van der Waals surface area contributed by atoms with Crippen LogP contribution in [0.15, 0.2) is 48.7 Å². The lowest BCUT2D eigenvalue weighted by Crippen LogP contribution is -2.43. The normalized spacial score (nSPS) is 20.2. The fourth-order valence-electron chi connectivity index (χ4n) is 3.89. The largest absolute Gasteiger partial charge is 0.323 e. The van der Waals surface area contributed by atoms with Crippen LogP contribution in [0.3, 0.4) is 0 Å². The van der Waals surface area contributed by atoms with E-state index in [-0.39, 0.29) is 18.2 Å². The molecule has 0 unspecified atom stereocenters. The Bertz CT molecular complexity index is 1140. The van der Waals surface area contributed by atoms with Crippen molar-refractivity contribution in [2.75, 3.05) is 10.6 Å². The van der Waals surface area contributed by atoms with Gasteiger partial charge in [0.05, 0.1) is 22.6 Å². The molecule has 0 saturated carbocycles. The number of halogens is 2. The molecule has 134 valence electrons. The highest BCUT2D eigenvalue weighted by Crippen LogP contribution is 2.51. The lowest BCUT2D eigenvalue weighted by Gasteiger charge is -2.31. The van der Waals surface area contributed by atoms with Crippen molar-refractivity contribution in [1.82, 2.24) is 9.78 Å². The summed E-state index contributed by atoms with van der Waals surface area (Å²) in [7, 11) is 0. The first kappa shape index (κ1) is 16.4. The molecule has 3 heterocycles. The number of nitrogens with zero attached hydrogens (tertiary/aromatic N) is 2. The van der Waals surface area contributed by atoms with E-state index in [2.05, 4.69) is 15.7 Å². The predicted octanol–water partition coefficient (Wildman–Crippen LogP) is 3.76. The van der Waals surface area contributed by atoms with Gasteiger partial charge in [-0.3, -0.25) is 9.59 Å². The van der Waals surface area contributed by atoms with Crippen molar-refractivity contribution in [3.8, 4) is 5.69 Å². The molecule has 27 heavy (non-hydrogen) atoms. The van der Waals surface area contributed by atoms with Gasteiger partial charge in [-0.1, -0.05) is 41.4 Å². The fourth-order valence-corrected chi connectivity index (χ4v) is 4.30. The number of anilines is 2. The first-order valence-corrected chi connectivity index (χ1v) is 9.01. The molecule has 0 aliphatic carbocycles. The molecule has 5 rings (SSSR count). The minimum Gasteiger partial charge on any atom is -0.323 e. The van der Waals surface area contributed by atoms with Crippen LogP contribution in [0.5, 0.6) is 0 Å². The van der Waals surface area contributed by atoms with E-state index < -0.39 is 5.41 Å². The van der Waals surface area contributed by atoms with Crippen molar-refractivity contribution in [3.05, 3.63) is 69.8 Å². The molecule has 8 heteroatoms.